The van der Waals surface area contributed by atoms with E-state index in [2.05, 4.69) is 33.3 Å². The highest BCUT2D eigenvalue weighted by molar-refractivity contribution is 5.81. The van der Waals surface area contributed by atoms with Crippen molar-refractivity contribution >= 4 is 10.9 Å². The number of nitrogens with one attached hydrogen (secondary N) is 1. The number of benzene rings is 1. The summed E-state index contributed by atoms with van der Waals surface area (Å²) in [5.74, 6) is 0.608. The molecule has 3 heterocycles. The number of hydrogen-bond donors (Lipinski definition) is 2. The molecular formula is C18H21N3O3. The number of aliphatic hydroxyl groups excluding tert-OH is 1. The highest BCUT2D eigenvalue weighted by Gasteiger charge is 2.27. The van der Waals surface area contributed by atoms with Gasteiger partial charge in [-0.2, -0.15) is 5.10 Å². The van der Waals surface area contributed by atoms with Crippen molar-refractivity contribution < 1.29 is 14.3 Å². The number of aliphatic hydroxyl groups is 1. The Hall–Kier alpha value is -2.15. The molecule has 0 radical (unpaired) electrons. The minimum atomic E-state index is -0.614. The van der Waals surface area contributed by atoms with Crippen LogP contribution in [0, 0.1) is 0 Å². The number of morpholine rings is 1. The first-order valence-electron chi connectivity index (χ1n) is 8.25. The second kappa shape index (κ2) is 6.76. The first-order chi connectivity index (χ1) is 11.8. The van der Waals surface area contributed by atoms with E-state index >= 15 is 0 Å². The average Bonchev–Trinajstić information content (AvgIpc) is 3.28. The summed E-state index contributed by atoms with van der Waals surface area (Å²) >= 11 is 0. The first kappa shape index (κ1) is 15.4. The topological polar surface area (TPSA) is 74.5 Å². The molecule has 6 nitrogen and oxygen atoms in total. The third kappa shape index (κ3) is 3.08. The second-order valence-electron chi connectivity index (χ2n) is 6.22. The number of para-hydroxylation sites is 1. The van der Waals surface area contributed by atoms with Gasteiger partial charge in [-0.3, -0.25) is 10.00 Å². The van der Waals surface area contributed by atoms with Gasteiger partial charge in [-0.25, -0.2) is 0 Å². The molecule has 3 aromatic rings. The fraction of sp³-hybridized carbons (Fsp3) is 0.389. The van der Waals surface area contributed by atoms with Gasteiger partial charge in [0.15, 0.2) is 0 Å². The summed E-state index contributed by atoms with van der Waals surface area (Å²) in [6.07, 6.45) is 3.41. The SMILES string of the molecule is OC(CC1COCCN1Cc1cccc2cn[nH]c12)c1ccco1. The zero-order chi connectivity index (χ0) is 16.4. The Bertz CT molecular complexity index is 784. The van der Waals surface area contributed by atoms with E-state index in [4.69, 9.17) is 9.15 Å². The van der Waals surface area contributed by atoms with Crippen LogP contribution in [0.1, 0.15) is 23.8 Å². The van der Waals surface area contributed by atoms with E-state index in [-0.39, 0.29) is 6.04 Å². The van der Waals surface area contributed by atoms with Crippen LogP contribution in [0.15, 0.2) is 47.2 Å². The average molecular weight is 327 g/mol. The van der Waals surface area contributed by atoms with Gasteiger partial charge in [0.25, 0.3) is 0 Å². The Morgan fingerprint density at radius 2 is 2.29 bits per heavy atom. The van der Waals surface area contributed by atoms with E-state index in [0.717, 1.165) is 24.0 Å². The summed E-state index contributed by atoms with van der Waals surface area (Å²) in [6.45, 7) is 2.99. The Labute approximate surface area is 140 Å². The van der Waals surface area contributed by atoms with Crippen molar-refractivity contribution in [2.45, 2.75) is 25.1 Å². The van der Waals surface area contributed by atoms with Crippen LogP contribution in [-0.2, 0) is 11.3 Å². The van der Waals surface area contributed by atoms with E-state index in [1.165, 1.54) is 5.56 Å². The predicted octanol–water partition coefficient (Wildman–Crippen LogP) is 2.48. The standard InChI is InChI=1S/C18H21N3O3/c22-16(17-5-2-7-24-17)9-15-12-23-8-6-21(15)11-14-4-1-3-13-10-19-20-18(13)14/h1-5,7,10,15-16,22H,6,8-9,11-12H2,(H,19,20). The third-order valence-electron chi connectivity index (χ3n) is 4.65. The smallest absolute Gasteiger partial charge is 0.132 e. The number of aromatic amines is 1. The van der Waals surface area contributed by atoms with E-state index in [0.29, 0.717) is 25.4 Å². The number of H-pyrrole nitrogens is 1. The molecule has 1 fully saturated rings. The molecule has 2 N–H and O–H groups in total. The molecule has 24 heavy (non-hydrogen) atoms. The largest absolute Gasteiger partial charge is 0.467 e. The van der Waals surface area contributed by atoms with Crippen molar-refractivity contribution in [3.05, 3.63) is 54.1 Å². The lowest BCUT2D eigenvalue weighted by molar-refractivity contribution is -0.0321. The van der Waals surface area contributed by atoms with Gasteiger partial charge in [0.1, 0.15) is 11.9 Å². The first-order valence-corrected chi connectivity index (χ1v) is 8.25. The van der Waals surface area contributed by atoms with E-state index in [1.807, 2.05) is 12.3 Å². The molecule has 2 aromatic heterocycles. The number of aromatic nitrogens is 2. The van der Waals surface area contributed by atoms with Gasteiger partial charge >= 0.3 is 0 Å². The molecule has 2 unspecified atom stereocenters. The van der Waals surface area contributed by atoms with Gasteiger partial charge in [0.05, 0.1) is 31.2 Å². The normalized spacial score (nSPS) is 20.5. The summed E-state index contributed by atoms with van der Waals surface area (Å²) in [5.41, 5.74) is 2.29. The van der Waals surface area contributed by atoms with E-state index < -0.39 is 6.10 Å². The molecule has 1 aliphatic rings. The molecule has 0 amide bonds. The molecule has 6 heteroatoms. The fourth-order valence-electron chi connectivity index (χ4n) is 3.35. The minimum absolute atomic E-state index is 0.150. The molecule has 0 aliphatic carbocycles. The van der Waals surface area contributed by atoms with Gasteiger partial charge < -0.3 is 14.3 Å². The van der Waals surface area contributed by atoms with Crippen LogP contribution in [0.5, 0.6) is 0 Å². The lowest BCUT2D eigenvalue weighted by atomic mass is 10.0. The van der Waals surface area contributed by atoms with Gasteiger partial charge in [-0.15, -0.1) is 0 Å². The maximum atomic E-state index is 10.4. The van der Waals surface area contributed by atoms with Gasteiger partial charge in [0, 0.05) is 24.5 Å². The summed E-state index contributed by atoms with van der Waals surface area (Å²) in [4.78, 5) is 2.37. The van der Waals surface area contributed by atoms with E-state index in [1.54, 1.807) is 12.3 Å². The number of nitrogens with zero attached hydrogens (tertiary/aromatic N) is 2. The lowest BCUT2D eigenvalue weighted by Gasteiger charge is -2.36. The predicted molar refractivity (Wildman–Crippen MR) is 89.4 cm³/mol. The molecule has 0 spiro atoms. The maximum absolute atomic E-state index is 10.4. The number of hydrogen-bond acceptors (Lipinski definition) is 5. The maximum Gasteiger partial charge on any atom is 0.132 e. The van der Waals surface area contributed by atoms with Crippen molar-refractivity contribution in [3.8, 4) is 0 Å². The van der Waals surface area contributed by atoms with Crippen LogP contribution in [0.25, 0.3) is 10.9 Å². The number of rotatable bonds is 5. The highest BCUT2D eigenvalue weighted by Crippen LogP contribution is 2.25. The Balaban J connectivity index is 1.50. The minimum Gasteiger partial charge on any atom is -0.467 e. The molecule has 1 aliphatic heterocycles. The van der Waals surface area contributed by atoms with Crippen LogP contribution in [0.4, 0.5) is 0 Å². The molecule has 126 valence electrons. The third-order valence-corrected chi connectivity index (χ3v) is 4.65. The fourth-order valence-corrected chi connectivity index (χ4v) is 3.35. The van der Waals surface area contributed by atoms with Gasteiger partial charge in [-0.05, 0) is 24.1 Å². The zero-order valence-corrected chi connectivity index (χ0v) is 13.4. The lowest BCUT2D eigenvalue weighted by Crippen LogP contribution is -2.45. The van der Waals surface area contributed by atoms with Gasteiger partial charge in [-0.1, -0.05) is 18.2 Å². The molecular weight excluding hydrogens is 306 g/mol. The molecule has 2 atom stereocenters. The number of fused-ring (bicyclic) bond motifs is 1. The van der Waals surface area contributed by atoms with Crippen molar-refractivity contribution in [1.29, 1.82) is 0 Å². The van der Waals surface area contributed by atoms with Crippen molar-refractivity contribution in [1.82, 2.24) is 15.1 Å². The highest BCUT2D eigenvalue weighted by atomic mass is 16.5. The van der Waals surface area contributed by atoms with Crippen LogP contribution in [0.2, 0.25) is 0 Å². The quantitative estimate of drug-likeness (QED) is 0.753. The van der Waals surface area contributed by atoms with E-state index in [9.17, 15) is 5.11 Å². The Morgan fingerprint density at radius 3 is 3.17 bits per heavy atom. The second-order valence-corrected chi connectivity index (χ2v) is 6.22. The van der Waals surface area contributed by atoms with Crippen LogP contribution in [0.3, 0.4) is 0 Å². The summed E-state index contributed by atoms with van der Waals surface area (Å²) in [6, 6.07) is 9.99. The number of furan rings is 1. The van der Waals surface area contributed by atoms with Crippen LogP contribution >= 0.6 is 0 Å². The zero-order valence-electron chi connectivity index (χ0n) is 13.4. The molecule has 0 saturated carbocycles. The monoisotopic (exact) mass is 327 g/mol. The number of ether oxygens (including phenoxy) is 1. The Morgan fingerprint density at radius 1 is 1.33 bits per heavy atom. The Kier molecular flexibility index (Phi) is 4.34. The summed E-state index contributed by atoms with van der Waals surface area (Å²) < 4.78 is 11.0. The van der Waals surface area contributed by atoms with Crippen LogP contribution < -0.4 is 0 Å². The summed E-state index contributed by atoms with van der Waals surface area (Å²) in [7, 11) is 0. The van der Waals surface area contributed by atoms with Crippen LogP contribution in [-0.4, -0.2) is 46.0 Å². The molecule has 1 aromatic carbocycles. The van der Waals surface area contributed by atoms with Gasteiger partial charge in [0.2, 0.25) is 0 Å². The molecule has 4 rings (SSSR count). The molecule has 1 saturated heterocycles. The van der Waals surface area contributed by atoms with Crippen molar-refractivity contribution in [3.63, 3.8) is 0 Å². The summed E-state index contributed by atoms with van der Waals surface area (Å²) in [5, 5.41) is 18.7. The van der Waals surface area contributed by atoms with Crippen molar-refractivity contribution in [2.75, 3.05) is 19.8 Å². The molecule has 0 bridgehead atoms. The van der Waals surface area contributed by atoms with Crippen molar-refractivity contribution in [2.24, 2.45) is 0 Å².